The summed E-state index contributed by atoms with van der Waals surface area (Å²) in [5.41, 5.74) is 1.29. The quantitative estimate of drug-likeness (QED) is 0.824. The Balaban J connectivity index is 1.57. The van der Waals surface area contributed by atoms with Crippen LogP contribution in [-0.4, -0.2) is 41.0 Å². The van der Waals surface area contributed by atoms with Crippen LogP contribution in [0, 0.1) is 17.1 Å². The van der Waals surface area contributed by atoms with Gasteiger partial charge in [0, 0.05) is 32.7 Å². The van der Waals surface area contributed by atoms with E-state index in [4.69, 9.17) is 5.26 Å². The number of rotatable bonds is 3. The molecule has 0 spiro atoms. The zero-order valence-corrected chi connectivity index (χ0v) is 14.0. The summed E-state index contributed by atoms with van der Waals surface area (Å²) in [6.07, 6.45) is 3.13. The van der Waals surface area contributed by atoms with Crippen LogP contribution in [0.3, 0.4) is 0 Å². The highest BCUT2D eigenvalue weighted by Gasteiger charge is 2.18. The molecule has 0 N–H and O–H groups in total. The standard InChI is InChI=1S/C16H15BrFN5/c17-14-2-1-12(7-15(14)18)11-22-3-5-23(6-4-22)16-10-20-13(8-19)9-21-16/h1-2,7,9-10H,3-6,11H2. The predicted octanol–water partition coefficient (Wildman–Crippen LogP) is 2.57. The molecule has 1 aromatic carbocycles. The number of hydrogen-bond donors (Lipinski definition) is 0. The summed E-state index contributed by atoms with van der Waals surface area (Å²) in [6.45, 7) is 4.15. The molecule has 1 aliphatic heterocycles. The van der Waals surface area contributed by atoms with E-state index in [1.807, 2.05) is 12.1 Å². The number of nitriles is 1. The largest absolute Gasteiger partial charge is 0.353 e. The molecule has 0 saturated carbocycles. The van der Waals surface area contributed by atoms with E-state index in [2.05, 4.69) is 35.7 Å². The molecule has 7 heteroatoms. The van der Waals surface area contributed by atoms with E-state index in [-0.39, 0.29) is 5.82 Å². The maximum Gasteiger partial charge on any atom is 0.158 e. The van der Waals surface area contributed by atoms with Crippen molar-refractivity contribution in [3.05, 3.63) is 52.1 Å². The lowest BCUT2D eigenvalue weighted by Crippen LogP contribution is -2.46. The fourth-order valence-corrected chi connectivity index (χ4v) is 2.82. The summed E-state index contributed by atoms with van der Waals surface area (Å²) < 4.78 is 14.1. The first kappa shape index (κ1) is 15.8. The molecule has 5 nitrogen and oxygen atoms in total. The molecule has 23 heavy (non-hydrogen) atoms. The Morgan fingerprint density at radius 1 is 1.17 bits per heavy atom. The van der Waals surface area contributed by atoms with Crippen molar-refractivity contribution in [2.45, 2.75) is 6.54 Å². The first-order chi connectivity index (χ1) is 11.2. The second-order valence-corrected chi connectivity index (χ2v) is 6.24. The van der Waals surface area contributed by atoms with Crippen LogP contribution in [0.25, 0.3) is 0 Å². The first-order valence-corrected chi connectivity index (χ1v) is 8.08. The third kappa shape index (κ3) is 3.84. The van der Waals surface area contributed by atoms with E-state index in [1.54, 1.807) is 18.3 Å². The highest BCUT2D eigenvalue weighted by atomic mass is 79.9. The highest BCUT2D eigenvalue weighted by Crippen LogP contribution is 2.19. The topological polar surface area (TPSA) is 56.1 Å². The van der Waals surface area contributed by atoms with Crippen molar-refractivity contribution < 1.29 is 4.39 Å². The zero-order valence-electron chi connectivity index (χ0n) is 12.4. The Bertz CT molecular complexity index is 720. The second kappa shape index (κ2) is 7.02. The molecule has 2 aromatic rings. The molecule has 0 bridgehead atoms. The SMILES string of the molecule is N#Cc1cnc(N2CCN(Cc3ccc(Br)c(F)c3)CC2)cn1. The summed E-state index contributed by atoms with van der Waals surface area (Å²) in [5.74, 6) is 0.562. The maximum absolute atomic E-state index is 13.6. The van der Waals surface area contributed by atoms with Crippen molar-refractivity contribution in [2.75, 3.05) is 31.1 Å². The van der Waals surface area contributed by atoms with Crippen LogP contribution >= 0.6 is 15.9 Å². The van der Waals surface area contributed by atoms with Crippen LogP contribution in [0.2, 0.25) is 0 Å². The van der Waals surface area contributed by atoms with Crippen molar-refractivity contribution >= 4 is 21.7 Å². The van der Waals surface area contributed by atoms with Crippen molar-refractivity contribution in [1.82, 2.24) is 14.9 Å². The van der Waals surface area contributed by atoms with Gasteiger partial charge in [0.15, 0.2) is 5.69 Å². The summed E-state index contributed by atoms with van der Waals surface area (Å²) in [7, 11) is 0. The molecule has 1 aliphatic rings. The minimum atomic E-state index is -0.228. The van der Waals surface area contributed by atoms with Gasteiger partial charge in [-0.15, -0.1) is 0 Å². The van der Waals surface area contributed by atoms with Gasteiger partial charge >= 0.3 is 0 Å². The van der Waals surface area contributed by atoms with Gasteiger partial charge in [-0.25, -0.2) is 14.4 Å². The number of benzene rings is 1. The van der Waals surface area contributed by atoms with E-state index in [0.29, 0.717) is 10.2 Å². The molecular weight excluding hydrogens is 361 g/mol. The Morgan fingerprint density at radius 3 is 2.57 bits per heavy atom. The minimum absolute atomic E-state index is 0.228. The van der Waals surface area contributed by atoms with Gasteiger partial charge in [0.1, 0.15) is 17.7 Å². The number of anilines is 1. The highest BCUT2D eigenvalue weighted by molar-refractivity contribution is 9.10. The Hall–Kier alpha value is -2.04. The average Bonchev–Trinajstić information content (AvgIpc) is 2.59. The van der Waals surface area contributed by atoms with Crippen molar-refractivity contribution in [3.63, 3.8) is 0 Å². The van der Waals surface area contributed by atoms with Crippen molar-refractivity contribution in [1.29, 1.82) is 5.26 Å². The van der Waals surface area contributed by atoms with Crippen LogP contribution in [0.1, 0.15) is 11.3 Å². The molecule has 2 heterocycles. The van der Waals surface area contributed by atoms with Gasteiger partial charge in [-0.3, -0.25) is 4.90 Å². The van der Waals surface area contributed by atoms with Gasteiger partial charge < -0.3 is 4.90 Å². The monoisotopic (exact) mass is 375 g/mol. The Labute approximate surface area is 142 Å². The van der Waals surface area contributed by atoms with Gasteiger partial charge in [0.25, 0.3) is 0 Å². The fraction of sp³-hybridized carbons (Fsp3) is 0.312. The molecular formula is C16H15BrFN5. The molecule has 3 rings (SSSR count). The van der Waals surface area contributed by atoms with Crippen molar-refractivity contribution in [3.8, 4) is 6.07 Å². The van der Waals surface area contributed by atoms with Crippen LogP contribution in [0.5, 0.6) is 0 Å². The third-order valence-electron chi connectivity index (χ3n) is 3.84. The number of hydrogen-bond acceptors (Lipinski definition) is 5. The Kier molecular flexibility index (Phi) is 4.84. The smallest absolute Gasteiger partial charge is 0.158 e. The van der Waals surface area contributed by atoms with Gasteiger partial charge in [-0.1, -0.05) is 6.07 Å². The minimum Gasteiger partial charge on any atom is -0.353 e. The lowest BCUT2D eigenvalue weighted by atomic mass is 10.2. The van der Waals surface area contributed by atoms with Crippen LogP contribution in [0.4, 0.5) is 10.2 Å². The third-order valence-corrected chi connectivity index (χ3v) is 4.48. The van der Waals surface area contributed by atoms with E-state index in [1.165, 1.54) is 6.20 Å². The van der Waals surface area contributed by atoms with Crippen molar-refractivity contribution in [2.24, 2.45) is 0 Å². The lowest BCUT2D eigenvalue weighted by molar-refractivity contribution is 0.249. The summed E-state index contributed by atoms with van der Waals surface area (Å²) >= 11 is 3.17. The number of aromatic nitrogens is 2. The van der Waals surface area contributed by atoms with Crippen LogP contribution < -0.4 is 4.90 Å². The predicted molar refractivity (Wildman–Crippen MR) is 88.3 cm³/mol. The number of piperazine rings is 1. The molecule has 1 aromatic heterocycles. The molecule has 0 radical (unpaired) electrons. The summed E-state index contributed by atoms with van der Waals surface area (Å²) in [5, 5.41) is 8.75. The number of nitrogens with zero attached hydrogens (tertiary/aromatic N) is 5. The molecule has 1 saturated heterocycles. The normalized spacial score (nSPS) is 15.4. The van der Waals surface area contributed by atoms with E-state index in [9.17, 15) is 4.39 Å². The second-order valence-electron chi connectivity index (χ2n) is 5.38. The average molecular weight is 376 g/mol. The molecule has 0 unspecified atom stereocenters. The van der Waals surface area contributed by atoms with Gasteiger partial charge in [0.05, 0.1) is 16.9 Å². The number of halogens is 2. The molecule has 0 aliphatic carbocycles. The van der Waals surface area contributed by atoms with E-state index >= 15 is 0 Å². The van der Waals surface area contributed by atoms with Crippen LogP contribution in [0.15, 0.2) is 35.1 Å². The molecule has 1 fully saturated rings. The fourth-order valence-electron chi connectivity index (χ4n) is 2.57. The van der Waals surface area contributed by atoms with E-state index in [0.717, 1.165) is 44.1 Å². The Morgan fingerprint density at radius 2 is 1.96 bits per heavy atom. The molecule has 118 valence electrons. The van der Waals surface area contributed by atoms with E-state index < -0.39 is 0 Å². The summed E-state index contributed by atoms with van der Waals surface area (Å²) in [6, 6.07) is 7.22. The summed E-state index contributed by atoms with van der Waals surface area (Å²) in [4.78, 5) is 12.8. The zero-order chi connectivity index (χ0) is 16.2. The van der Waals surface area contributed by atoms with Gasteiger partial charge in [0.2, 0.25) is 0 Å². The van der Waals surface area contributed by atoms with Gasteiger partial charge in [-0.2, -0.15) is 5.26 Å². The van der Waals surface area contributed by atoms with Gasteiger partial charge in [-0.05, 0) is 33.6 Å². The first-order valence-electron chi connectivity index (χ1n) is 7.29. The maximum atomic E-state index is 13.6. The molecule has 0 atom stereocenters. The lowest BCUT2D eigenvalue weighted by Gasteiger charge is -2.35. The van der Waals surface area contributed by atoms with Crippen LogP contribution in [-0.2, 0) is 6.54 Å². The molecule has 0 amide bonds.